The minimum atomic E-state index is -4.98. The summed E-state index contributed by atoms with van der Waals surface area (Å²) in [7, 11) is 1.12. The van der Waals surface area contributed by atoms with E-state index in [9.17, 15) is 26.7 Å². The summed E-state index contributed by atoms with van der Waals surface area (Å²) >= 11 is 0. The first-order valence-corrected chi connectivity index (χ1v) is 8.35. The van der Waals surface area contributed by atoms with E-state index in [0.717, 1.165) is 7.05 Å². The number of aromatic carboxylic acids is 1. The highest BCUT2D eigenvalue weighted by atomic mass is 19.4. The summed E-state index contributed by atoms with van der Waals surface area (Å²) in [5.41, 5.74) is -3.95. The van der Waals surface area contributed by atoms with Gasteiger partial charge in [-0.2, -0.15) is 27.1 Å². The van der Waals surface area contributed by atoms with Gasteiger partial charge in [-0.1, -0.05) is 11.2 Å². The van der Waals surface area contributed by atoms with Crippen LogP contribution in [0.4, 0.5) is 22.0 Å². The average molecular weight is 417 g/mol. The second-order valence-corrected chi connectivity index (χ2v) is 6.89. The van der Waals surface area contributed by atoms with Gasteiger partial charge in [-0.25, -0.2) is 4.79 Å². The van der Waals surface area contributed by atoms with Crippen molar-refractivity contribution >= 4 is 11.7 Å². The molecule has 156 valence electrons. The van der Waals surface area contributed by atoms with Gasteiger partial charge in [-0.3, -0.25) is 4.68 Å². The molecule has 3 rings (SSSR count). The molecule has 1 aromatic heterocycles. The monoisotopic (exact) mass is 417 g/mol. The third-order valence-corrected chi connectivity index (χ3v) is 4.72. The van der Waals surface area contributed by atoms with Gasteiger partial charge in [0.2, 0.25) is 0 Å². The molecular weight excluding hydrogens is 401 g/mol. The Balaban J connectivity index is 2.03. The molecule has 6 nitrogen and oxygen atoms in total. The van der Waals surface area contributed by atoms with Gasteiger partial charge in [-0.15, -0.1) is 0 Å². The first-order valence-electron chi connectivity index (χ1n) is 8.35. The van der Waals surface area contributed by atoms with Crippen LogP contribution in [0.5, 0.6) is 0 Å². The van der Waals surface area contributed by atoms with Crippen LogP contribution in [0.1, 0.15) is 46.2 Å². The Labute approximate surface area is 161 Å². The lowest BCUT2D eigenvalue weighted by atomic mass is 9.89. The van der Waals surface area contributed by atoms with Crippen LogP contribution in [-0.4, -0.2) is 32.7 Å². The van der Waals surface area contributed by atoms with Crippen LogP contribution in [0, 0.1) is 6.92 Å². The van der Waals surface area contributed by atoms with E-state index in [1.807, 2.05) is 0 Å². The van der Waals surface area contributed by atoms with E-state index in [4.69, 9.17) is 9.94 Å². The second-order valence-electron chi connectivity index (χ2n) is 6.89. The summed E-state index contributed by atoms with van der Waals surface area (Å²) in [4.78, 5) is 15.9. The van der Waals surface area contributed by atoms with Gasteiger partial charge in [0, 0.05) is 14.0 Å². The van der Waals surface area contributed by atoms with E-state index in [2.05, 4.69) is 10.3 Å². The lowest BCUT2D eigenvalue weighted by Gasteiger charge is -2.28. The van der Waals surface area contributed by atoms with E-state index in [0.29, 0.717) is 23.2 Å². The SMILES string of the molecule is Cc1cc(C2=NOC(c3cc(C(C)(F)F)nn3C)(C(F)(F)F)C2)ccc1C(=O)O. The van der Waals surface area contributed by atoms with E-state index in [1.165, 1.54) is 25.1 Å². The zero-order valence-electron chi connectivity index (χ0n) is 15.5. The van der Waals surface area contributed by atoms with E-state index in [1.54, 1.807) is 0 Å². The smallest absolute Gasteiger partial charge is 0.437 e. The molecule has 0 amide bonds. The predicted molar refractivity (Wildman–Crippen MR) is 90.9 cm³/mol. The standard InChI is InChI=1S/C18H16F5N3O3/c1-9-6-10(4-5-11(9)15(27)28)12-8-17(29-25-12,18(21,22)23)14-7-13(16(2,19)20)24-26(14)3/h4-7H,8H2,1-3H3,(H,27,28). The molecule has 1 aliphatic rings. The summed E-state index contributed by atoms with van der Waals surface area (Å²) in [6, 6.07) is 4.61. The molecule has 0 radical (unpaired) electrons. The molecule has 1 atom stereocenters. The molecule has 0 bridgehead atoms. The molecule has 2 aromatic rings. The minimum Gasteiger partial charge on any atom is -0.478 e. The van der Waals surface area contributed by atoms with Crippen molar-refractivity contribution in [2.24, 2.45) is 12.2 Å². The van der Waals surface area contributed by atoms with Crippen LogP contribution in [0.25, 0.3) is 0 Å². The van der Waals surface area contributed by atoms with Crippen molar-refractivity contribution in [1.29, 1.82) is 0 Å². The lowest BCUT2D eigenvalue weighted by Crippen LogP contribution is -2.44. The van der Waals surface area contributed by atoms with Crippen LogP contribution in [-0.2, 0) is 23.4 Å². The van der Waals surface area contributed by atoms with Crippen LogP contribution in [0.15, 0.2) is 29.4 Å². The Morgan fingerprint density at radius 1 is 1.24 bits per heavy atom. The van der Waals surface area contributed by atoms with Gasteiger partial charge < -0.3 is 9.94 Å². The predicted octanol–water partition coefficient (Wildman–Crippen LogP) is 4.12. The van der Waals surface area contributed by atoms with Crippen molar-refractivity contribution in [2.75, 3.05) is 0 Å². The Morgan fingerprint density at radius 3 is 2.38 bits per heavy atom. The lowest BCUT2D eigenvalue weighted by molar-refractivity contribution is -0.278. The summed E-state index contributed by atoms with van der Waals surface area (Å²) < 4.78 is 69.9. The van der Waals surface area contributed by atoms with Gasteiger partial charge in [0.05, 0.1) is 23.4 Å². The third kappa shape index (κ3) is 3.45. The summed E-state index contributed by atoms with van der Waals surface area (Å²) in [5, 5.41) is 16.1. The molecule has 11 heteroatoms. The number of aryl methyl sites for hydroxylation is 2. The summed E-state index contributed by atoms with van der Waals surface area (Å²) in [6.07, 6.45) is -5.76. The number of benzene rings is 1. The number of carbonyl (C=O) groups is 1. The van der Waals surface area contributed by atoms with Crippen molar-refractivity contribution in [3.05, 3.63) is 52.3 Å². The minimum absolute atomic E-state index is 0.00296. The molecule has 0 fully saturated rings. The fourth-order valence-corrected chi connectivity index (χ4v) is 3.17. The fraction of sp³-hybridized carbons (Fsp3) is 0.389. The molecule has 1 aromatic carbocycles. The first kappa shape index (κ1) is 20.7. The largest absolute Gasteiger partial charge is 0.478 e. The molecule has 2 heterocycles. The average Bonchev–Trinajstić information content (AvgIpc) is 3.18. The molecule has 0 saturated heterocycles. The molecule has 29 heavy (non-hydrogen) atoms. The molecule has 1 aliphatic heterocycles. The Bertz CT molecular complexity index is 1010. The van der Waals surface area contributed by atoms with Crippen molar-refractivity contribution in [3.63, 3.8) is 0 Å². The number of hydrogen-bond donors (Lipinski definition) is 1. The van der Waals surface area contributed by atoms with Crippen molar-refractivity contribution in [3.8, 4) is 0 Å². The number of nitrogens with zero attached hydrogens (tertiary/aromatic N) is 3. The van der Waals surface area contributed by atoms with Crippen LogP contribution < -0.4 is 0 Å². The van der Waals surface area contributed by atoms with E-state index in [-0.39, 0.29) is 16.8 Å². The van der Waals surface area contributed by atoms with E-state index < -0.39 is 41.5 Å². The molecule has 1 unspecified atom stereocenters. The molecular formula is C18H16F5N3O3. The van der Waals surface area contributed by atoms with Crippen molar-refractivity contribution < 1.29 is 36.7 Å². The highest BCUT2D eigenvalue weighted by Gasteiger charge is 2.64. The van der Waals surface area contributed by atoms with Crippen molar-refractivity contribution in [1.82, 2.24) is 9.78 Å². The molecule has 0 saturated carbocycles. The Kier molecular flexibility index (Phi) is 4.67. The summed E-state index contributed by atoms with van der Waals surface area (Å²) in [6.45, 7) is 2.03. The number of alkyl halides is 5. The normalized spacial score (nSPS) is 19.8. The molecule has 0 aliphatic carbocycles. The number of carboxylic acid groups (broad SMARTS) is 1. The van der Waals surface area contributed by atoms with Gasteiger partial charge in [0.15, 0.2) is 0 Å². The number of hydrogen-bond acceptors (Lipinski definition) is 4. The zero-order valence-corrected chi connectivity index (χ0v) is 15.5. The van der Waals surface area contributed by atoms with Gasteiger partial charge >= 0.3 is 12.1 Å². The van der Waals surface area contributed by atoms with Crippen LogP contribution >= 0.6 is 0 Å². The molecule has 1 N–H and O–H groups in total. The van der Waals surface area contributed by atoms with Gasteiger partial charge in [-0.05, 0) is 36.2 Å². The van der Waals surface area contributed by atoms with Gasteiger partial charge in [0.1, 0.15) is 5.69 Å². The number of halogens is 5. The maximum absolute atomic E-state index is 14.0. The zero-order chi connectivity index (χ0) is 21.8. The highest BCUT2D eigenvalue weighted by molar-refractivity contribution is 6.03. The number of carboxylic acids is 1. The number of rotatable bonds is 4. The van der Waals surface area contributed by atoms with Crippen molar-refractivity contribution in [2.45, 2.75) is 38.0 Å². The van der Waals surface area contributed by atoms with Crippen LogP contribution in [0.3, 0.4) is 0 Å². The quantitative estimate of drug-likeness (QED) is 0.760. The van der Waals surface area contributed by atoms with Crippen LogP contribution in [0.2, 0.25) is 0 Å². The topological polar surface area (TPSA) is 76.7 Å². The number of aromatic nitrogens is 2. The fourth-order valence-electron chi connectivity index (χ4n) is 3.17. The summed E-state index contributed by atoms with van der Waals surface area (Å²) in [5.74, 6) is -4.61. The first-order chi connectivity index (χ1) is 13.3. The molecule has 0 spiro atoms. The van der Waals surface area contributed by atoms with Gasteiger partial charge in [0.25, 0.3) is 11.5 Å². The third-order valence-electron chi connectivity index (χ3n) is 4.72. The maximum atomic E-state index is 14.0. The maximum Gasteiger partial charge on any atom is 0.437 e. The highest BCUT2D eigenvalue weighted by Crippen LogP contribution is 2.49. The van der Waals surface area contributed by atoms with E-state index >= 15 is 0 Å². The number of oxime groups is 1. The Morgan fingerprint density at radius 2 is 1.90 bits per heavy atom. The Hall–Kier alpha value is -2.98. The second kappa shape index (κ2) is 6.53.